The number of amides is 1. The van der Waals surface area contributed by atoms with E-state index in [0.29, 0.717) is 11.5 Å². The molecule has 0 aromatic heterocycles. The first kappa shape index (κ1) is 14.3. The van der Waals surface area contributed by atoms with E-state index in [4.69, 9.17) is 0 Å². The second kappa shape index (κ2) is 5.11. The number of hydrogen-bond donors (Lipinski definition) is 1. The SMILES string of the molecule is Cc1ccccc1C(=O)NC(C)C12CC3CC(CC(C3)C1)C2. The lowest BCUT2D eigenvalue weighted by molar-refractivity contribution is -0.0688. The van der Waals surface area contributed by atoms with E-state index in [0.717, 1.165) is 28.9 Å². The average Bonchev–Trinajstić information content (AvgIpc) is 2.46. The Balaban J connectivity index is 1.52. The molecule has 4 fully saturated rings. The molecule has 4 aliphatic carbocycles. The number of aryl methyl sites for hydroxylation is 1. The summed E-state index contributed by atoms with van der Waals surface area (Å²) in [7, 11) is 0. The van der Waals surface area contributed by atoms with Crippen molar-refractivity contribution in [2.24, 2.45) is 23.2 Å². The highest BCUT2D eigenvalue weighted by Crippen LogP contribution is 2.61. The van der Waals surface area contributed by atoms with Crippen LogP contribution >= 0.6 is 0 Å². The van der Waals surface area contributed by atoms with Gasteiger partial charge in [-0.2, -0.15) is 0 Å². The first-order valence-electron chi connectivity index (χ1n) is 8.92. The molecule has 0 radical (unpaired) electrons. The van der Waals surface area contributed by atoms with Crippen LogP contribution < -0.4 is 5.32 Å². The molecule has 0 aliphatic heterocycles. The van der Waals surface area contributed by atoms with Crippen molar-refractivity contribution in [2.75, 3.05) is 0 Å². The number of carbonyl (C=O) groups is 1. The largest absolute Gasteiger partial charge is 0.349 e. The van der Waals surface area contributed by atoms with Gasteiger partial charge in [-0.1, -0.05) is 18.2 Å². The summed E-state index contributed by atoms with van der Waals surface area (Å²) in [5.41, 5.74) is 2.28. The van der Waals surface area contributed by atoms with Gasteiger partial charge in [-0.25, -0.2) is 0 Å². The lowest BCUT2D eigenvalue weighted by Gasteiger charge is -2.59. The molecule has 0 saturated heterocycles. The van der Waals surface area contributed by atoms with Crippen molar-refractivity contribution in [1.29, 1.82) is 0 Å². The minimum absolute atomic E-state index is 0.112. The summed E-state index contributed by atoms with van der Waals surface area (Å²) < 4.78 is 0. The van der Waals surface area contributed by atoms with Gasteiger partial charge in [-0.3, -0.25) is 4.79 Å². The van der Waals surface area contributed by atoms with Crippen LogP contribution in [0.3, 0.4) is 0 Å². The summed E-state index contributed by atoms with van der Waals surface area (Å²) >= 11 is 0. The summed E-state index contributed by atoms with van der Waals surface area (Å²) in [5.74, 6) is 2.92. The summed E-state index contributed by atoms with van der Waals surface area (Å²) in [4.78, 5) is 12.7. The van der Waals surface area contributed by atoms with E-state index >= 15 is 0 Å². The first-order chi connectivity index (χ1) is 10.6. The Morgan fingerprint density at radius 1 is 1.09 bits per heavy atom. The van der Waals surface area contributed by atoms with Gasteiger partial charge in [0.25, 0.3) is 5.91 Å². The number of rotatable bonds is 3. The van der Waals surface area contributed by atoms with E-state index in [2.05, 4.69) is 12.2 Å². The molecular formula is C20H27NO. The smallest absolute Gasteiger partial charge is 0.251 e. The predicted molar refractivity (Wildman–Crippen MR) is 88.7 cm³/mol. The maximum absolute atomic E-state index is 12.7. The molecule has 2 nitrogen and oxygen atoms in total. The van der Waals surface area contributed by atoms with Crippen LogP contribution in [0.1, 0.15) is 61.4 Å². The Hall–Kier alpha value is -1.31. The topological polar surface area (TPSA) is 29.1 Å². The zero-order valence-corrected chi connectivity index (χ0v) is 13.8. The number of hydrogen-bond acceptors (Lipinski definition) is 1. The normalized spacial score (nSPS) is 37.1. The molecule has 1 unspecified atom stereocenters. The van der Waals surface area contributed by atoms with E-state index in [1.807, 2.05) is 31.2 Å². The van der Waals surface area contributed by atoms with Crippen LogP contribution in [-0.2, 0) is 0 Å². The van der Waals surface area contributed by atoms with Gasteiger partial charge in [0.05, 0.1) is 0 Å². The van der Waals surface area contributed by atoms with Crippen LogP contribution in [-0.4, -0.2) is 11.9 Å². The summed E-state index contributed by atoms with van der Waals surface area (Å²) in [5, 5.41) is 3.36. The zero-order chi connectivity index (χ0) is 15.3. The van der Waals surface area contributed by atoms with Crippen LogP contribution in [0.2, 0.25) is 0 Å². The third-order valence-corrected chi connectivity index (χ3v) is 6.74. The monoisotopic (exact) mass is 297 g/mol. The minimum Gasteiger partial charge on any atom is -0.349 e. The molecule has 0 heterocycles. The summed E-state index contributed by atoms with van der Waals surface area (Å²) in [6, 6.07) is 8.21. The van der Waals surface area contributed by atoms with Gasteiger partial charge in [-0.05, 0) is 87.2 Å². The standard InChI is InChI=1S/C20H27NO/c1-13-5-3-4-6-18(13)19(22)21-14(2)20-10-15-7-16(11-20)9-17(8-15)12-20/h3-6,14-17H,7-12H2,1-2H3,(H,21,22). The highest BCUT2D eigenvalue weighted by molar-refractivity contribution is 5.95. The van der Waals surface area contributed by atoms with Crippen LogP contribution in [0.25, 0.3) is 0 Å². The van der Waals surface area contributed by atoms with Crippen molar-refractivity contribution in [3.8, 4) is 0 Å². The van der Waals surface area contributed by atoms with E-state index in [9.17, 15) is 4.79 Å². The van der Waals surface area contributed by atoms with Crippen molar-refractivity contribution in [3.05, 3.63) is 35.4 Å². The molecular weight excluding hydrogens is 270 g/mol. The third-order valence-electron chi connectivity index (χ3n) is 6.74. The maximum Gasteiger partial charge on any atom is 0.251 e. The predicted octanol–water partition coefficient (Wildman–Crippen LogP) is 4.33. The summed E-state index contributed by atoms with van der Waals surface area (Å²) in [6.45, 7) is 4.27. The van der Waals surface area contributed by atoms with Gasteiger partial charge in [0.15, 0.2) is 0 Å². The quantitative estimate of drug-likeness (QED) is 0.884. The molecule has 1 aromatic carbocycles. The molecule has 118 valence electrons. The maximum atomic E-state index is 12.7. The lowest BCUT2D eigenvalue weighted by Crippen LogP contribution is -2.55. The molecule has 0 spiro atoms. The zero-order valence-electron chi connectivity index (χ0n) is 13.8. The van der Waals surface area contributed by atoms with Crippen LogP contribution in [0.5, 0.6) is 0 Å². The van der Waals surface area contributed by atoms with E-state index in [-0.39, 0.29) is 5.91 Å². The van der Waals surface area contributed by atoms with Gasteiger partial charge >= 0.3 is 0 Å². The van der Waals surface area contributed by atoms with Gasteiger partial charge in [0, 0.05) is 11.6 Å². The van der Waals surface area contributed by atoms with Crippen molar-refractivity contribution in [1.82, 2.24) is 5.32 Å². The average molecular weight is 297 g/mol. The molecule has 4 saturated carbocycles. The van der Waals surface area contributed by atoms with Gasteiger partial charge < -0.3 is 5.32 Å². The number of carbonyl (C=O) groups excluding carboxylic acids is 1. The Kier molecular flexibility index (Phi) is 3.32. The van der Waals surface area contributed by atoms with Gasteiger partial charge in [0.2, 0.25) is 0 Å². The van der Waals surface area contributed by atoms with Gasteiger partial charge in [0.1, 0.15) is 0 Å². The fourth-order valence-corrected chi connectivity index (χ4v) is 5.96. The van der Waals surface area contributed by atoms with Crippen molar-refractivity contribution >= 4 is 5.91 Å². The van der Waals surface area contributed by atoms with E-state index in [1.54, 1.807) is 0 Å². The molecule has 1 amide bonds. The minimum atomic E-state index is 0.112. The van der Waals surface area contributed by atoms with Crippen LogP contribution in [0, 0.1) is 30.1 Å². The van der Waals surface area contributed by atoms with E-state index in [1.165, 1.54) is 38.5 Å². The fraction of sp³-hybridized carbons (Fsp3) is 0.650. The van der Waals surface area contributed by atoms with Crippen LogP contribution in [0.4, 0.5) is 0 Å². The second-order valence-electron chi connectivity index (χ2n) is 8.29. The van der Waals surface area contributed by atoms with Crippen LogP contribution in [0.15, 0.2) is 24.3 Å². The molecule has 1 N–H and O–H groups in total. The Bertz CT molecular complexity index is 556. The molecule has 2 heteroatoms. The number of nitrogens with one attached hydrogen (secondary N) is 1. The second-order valence-corrected chi connectivity index (χ2v) is 8.29. The van der Waals surface area contributed by atoms with Gasteiger partial charge in [-0.15, -0.1) is 0 Å². The molecule has 4 bridgehead atoms. The molecule has 22 heavy (non-hydrogen) atoms. The Morgan fingerprint density at radius 3 is 2.18 bits per heavy atom. The van der Waals surface area contributed by atoms with E-state index < -0.39 is 0 Å². The molecule has 1 atom stereocenters. The first-order valence-corrected chi connectivity index (χ1v) is 8.92. The Labute approximate surface area is 133 Å². The number of benzene rings is 1. The fourth-order valence-electron chi connectivity index (χ4n) is 5.96. The van der Waals surface area contributed by atoms with Crippen molar-refractivity contribution < 1.29 is 4.79 Å². The molecule has 1 aromatic rings. The lowest BCUT2D eigenvalue weighted by atomic mass is 9.48. The Morgan fingerprint density at radius 2 is 1.64 bits per heavy atom. The summed E-state index contributed by atoms with van der Waals surface area (Å²) in [6.07, 6.45) is 8.39. The van der Waals surface area contributed by atoms with Crippen molar-refractivity contribution in [3.63, 3.8) is 0 Å². The molecule has 4 aliphatic rings. The highest BCUT2D eigenvalue weighted by Gasteiger charge is 2.53. The third kappa shape index (κ3) is 2.28. The highest BCUT2D eigenvalue weighted by atomic mass is 16.1. The molecule has 5 rings (SSSR count). The van der Waals surface area contributed by atoms with Crippen molar-refractivity contribution in [2.45, 2.75) is 58.4 Å².